The van der Waals surface area contributed by atoms with Crippen molar-refractivity contribution >= 4 is 5.96 Å². The van der Waals surface area contributed by atoms with Crippen molar-refractivity contribution in [1.82, 2.24) is 4.90 Å². The van der Waals surface area contributed by atoms with Crippen molar-refractivity contribution in [2.24, 2.45) is 16.1 Å². The zero-order valence-corrected chi connectivity index (χ0v) is 11.5. The van der Waals surface area contributed by atoms with Gasteiger partial charge in [0, 0.05) is 13.1 Å². The fourth-order valence-corrected chi connectivity index (χ4v) is 2.79. The number of nitrogens with zero attached hydrogens (tertiary/aromatic N) is 2. The van der Waals surface area contributed by atoms with Gasteiger partial charge in [-0.15, -0.1) is 0 Å². The Morgan fingerprint density at radius 3 is 2.56 bits per heavy atom. The maximum absolute atomic E-state index is 10.7. The van der Waals surface area contributed by atoms with Crippen molar-refractivity contribution < 1.29 is 9.84 Å². The van der Waals surface area contributed by atoms with Gasteiger partial charge >= 0.3 is 0 Å². The number of rotatable bonds is 2. The van der Waals surface area contributed by atoms with E-state index in [9.17, 15) is 5.11 Å². The van der Waals surface area contributed by atoms with Crippen molar-refractivity contribution in [3.63, 3.8) is 0 Å². The molecule has 1 aliphatic heterocycles. The lowest BCUT2D eigenvalue weighted by atomic mass is 9.78. The first-order valence-electron chi connectivity index (χ1n) is 6.80. The first kappa shape index (κ1) is 13.6. The van der Waals surface area contributed by atoms with E-state index in [4.69, 9.17) is 10.5 Å². The largest absolute Gasteiger partial charge is 0.387 e. The summed E-state index contributed by atoms with van der Waals surface area (Å²) in [5.74, 6) is 0.537. The average molecular weight is 255 g/mol. The SMILES string of the molecule is CC1(C)CCCC1(O)CN=C(N)N1CCOCC1. The van der Waals surface area contributed by atoms with E-state index in [2.05, 4.69) is 18.8 Å². The molecule has 0 amide bonds. The van der Waals surface area contributed by atoms with Gasteiger partial charge in [-0.3, -0.25) is 4.99 Å². The third-order valence-corrected chi connectivity index (χ3v) is 4.49. The quantitative estimate of drug-likeness (QED) is 0.559. The van der Waals surface area contributed by atoms with Gasteiger partial charge in [0.05, 0.1) is 25.4 Å². The highest BCUT2D eigenvalue weighted by Gasteiger charge is 2.47. The molecule has 0 spiro atoms. The van der Waals surface area contributed by atoms with E-state index in [0.29, 0.717) is 25.7 Å². The van der Waals surface area contributed by atoms with Crippen molar-refractivity contribution in [3.05, 3.63) is 0 Å². The lowest BCUT2D eigenvalue weighted by Gasteiger charge is -2.36. The van der Waals surface area contributed by atoms with Gasteiger partial charge in [0.1, 0.15) is 0 Å². The molecule has 1 unspecified atom stereocenters. The van der Waals surface area contributed by atoms with E-state index in [1.165, 1.54) is 0 Å². The van der Waals surface area contributed by atoms with Crippen LogP contribution in [0.5, 0.6) is 0 Å². The normalized spacial score (nSPS) is 32.8. The van der Waals surface area contributed by atoms with Gasteiger partial charge in [0.15, 0.2) is 5.96 Å². The van der Waals surface area contributed by atoms with Crippen LogP contribution >= 0.6 is 0 Å². The van der Waals surface area contributed by atoms with E-state index in [0.717, 1.165) is 32.4 Å². The number of aliphatic hydroxyl groups is 1. The van der Waals surface area contributed by atoms with Crippen LogP contribution in [0.3, 0.4) is 0 Å². The zero-order valence-electron chi connectivity index (χ0n) is 11.5. The predicted molar refractivity (Wildman–Crippen MR) is 71.5 cm³/mol. The van der Waals surface area contributed by atoms with Gasteiger partial charge in [-0.25, -0.2) is 0 Å². The van der Waals surface area contributed by atoms with Crippen molar-refractivity contribution in [2.75, 3.05) is 32.8 Å². The third-order valence-electron chi connectivity index (χ3n) is 4.49. The molecule has 104 valence electrons. The number of nitrogens with two attached hydrogens (primary N) is 1. The summed E-state index contributed by atoms with van der Waals surface area (Å²) in [6.45, 7) is 7.61. The summed E-state index contributed by atoms with van der Waals surface area (Å²) < 4.78 is 5.28. The lowest BCUT2D eigenvalue weighted by Crippen LogP contribution is -2.47. The fourth-order valence-electron chi connectivity index (χ4n) is 2.79. The second-order valence-electron chi connectivity index (χ2n) is 6.04. The van der Waals surface area contributed by atoms with Gasteiger partial charge in [-0.05, 0) is 24.7 Å². The molecule has 0 aromatic carbocycles. The van der Waals surface area contributed by atoms with E-state index >= 15 is 0 Å². The van der Waals surface area contributed by atoms with Crippen LogP contribution in [0.2, 0.25) is 0 Å². The summed E-state index contributed by atoms with van der Waals surface area (Å²) in [5.41, 5.74) is 5.21. The number of morpholine rings is 1. The Balaban J connectivity index is 1.97. The molecule has 18 heavy (non-hydrogen) atoms. The van der Waals surface area contributed by atoms with Gasteiger partial charge in [-0.2, -0.15) is 0 Å². The molecule has 0 radical (unpaired) electrons. The van der Waals surface area contributed by atoms with E-state index in [-0.39, 0.29) is 5.41 Å². The molecule has 5 nitrogen and oxygen atoms in total. The molecule has 1 saturated carbocycles. The molecule has 0 aromatic rings. The smallest absolute Gasteiger partial charge is 0.191 e. The van der Waals surface area contributed by atoms with E-state index < -0.39 is 5.60 Å². The van der Waals surface area contributed by atoms with E-state index in [1.54, 1.807) is 0 Å². The molecule has 0 bridgehead atoms. The fraction of sp³-hybridized carbons (Fsp3) is 0.923. The lowest BCUT2D eigenvalue weighted by molar-refractivity contribution is -0.0337. The Bertz CT molecular complexity index is 324. The molecule has 2 aliphatic rings. The number of ether oxygens (including phenoxy) is 1. The molecular weight excluding hydrogens is 230 g/mol. The first-order valence-corrected chi connectivity index (χ1v) is 6.80. The highest BCUT2D eigenvalue weighted by atomic mass is 16.5. The standard InChI is InChI=1S/C13H25N3O2/c1-12(2)4-3-5-13(12,17)10-15-11(14)16-6-8-18-9-7-16/h17H,3-10H2,1-2H3,(H2,14,15). The molecule has 0 aromatic heterocycles. The van der Waals surface area contributed by atoms with E-state index in [1.807, 2.05) is 4.90 Å². The van der Waals surface area contributed by atoms with Crippen LogP contribution in [0.1, 0.15) is 33.1 Å². The van der Waals surface area contributed by atoms with Crippen LogP contribution < -0.4 is 5.73 Å². The third kappa shape index (κ3) is 2.62. The molecule has 1 atom stereocenters. The summed E-state index contributed by atoms with van der Waals surface area (Å²) in [5, 5.41) is 10.7. The van der Waals surface area contributed by atoms with Crippen molar-refractivity contribution in [1.29, 1.82) is 0 Å². The maximum Gasteiger partial charge on any atom is 0.191 e. The number of guanidine groups is 1. The van der Waals surface area contributed by atoms with Crippen molar-refractivity contribution in [3.8, 4) is 0 Å². The maximum atomic E-state index is 10.7. The summed E-state index contributed by atoms with van der Waals surface area (Å²) in [6.07, 6.45) is 2.94. The van der Waals surface area contributed by atoms with Crippen LogP contribution in [-0.2, 0) is 4.74 Å². The summed E-state index contributed by atoms with van der Waals surface area (Å²) >= 11 is 0. The Morgan fingerprint density at radius 1 is 1.33 bits per heavy atom. The minimum atomic E-state index is -0.704. The van der Waals surface area contributed by atoms with Crippen LogP contribution in [0.15, 0.2) is 4.99 Å². The molecular formula is C13H25N3O2. The predicted octanol–water partition coefficient (Wildman–Crippen LogP) is 0.575. The molecule has 5 heteroatoms. The minimum Gasteiger partial charge on any atom is -0.387 e. The number of aliphatic imine (C=N–C) groups is 1. The van der Waals surface area contributed by atoms with Crippen LogP contribution in [0.25, 0.3) is 0 Å². The molecule has 1 saturated heterocycles. The number of hydrogen-bond donors (Lipinski definition) is 2. The molecule has 3 N–H and O–H groups in total. The first-order chi connectivity index (χ1) is 8.45. The second kappa shape index (κ2) is 5.05. The molecule has 1 heterocycles. The summed E-state index contributed by atoms with van der Waals surface area (Å²) in [7, 11) is 0. The van der Waals surface area contributed by atoms with Gasteiger partial charge < -0.3 is 20.5 Å². The topological polar surface area (TPSA) is 71.1 Å². The van der Waals surface area contributed by atoms with Crippen molar-refractivity contribution in [2.45, 2.75) is 38.7 Å². The minimum absolute atomic E-state index is 0.0677. The number of hydrogen-bond acceptors (Lipinski definition) is 3. The Labute approximate surface area is 109 Å². The highest BCUT2D eigenvalue weighted by Crippen LogP contribution is 2.45. The molecule has 1 aliphatic carbocycles. The monoisotopic (exact) mass is 255 g/mol. The average Bonchev–Trinajstić information content (AvgIpc) is 2.62. The Morgan fingerprint density at radius 2 is 2.00 bits per heavy atom. The molecule has 2 rings (SSSR count). The van der Waals surface area contributed by atoms with Crippen LogP contribution in [-0.4, -0.2) is 54.4 Å². The summed E-state index contributed by atoms with van der Waals surface area (Å²) in [4.78, 5) is 6.43. The van der Waals surface area contributed by atoms with Crippen LogP contribution in [0.4, 0.5) is 0 Å². The highest BCUT2D eigenvalue weighted by molar-refractivity contribution is 5.78. The molecule has 2 fully saturated rings. The van der Waals surface area contributed by atoms with Gasteiger partial charge in [-0.1, -0.05) is 13.8 Å². The van der Waals surface area contributed by atoms with Gasteiger partial charge in [0.2, 0.25) is 0 Å². The van der Waals surface area contributed by atoms with Gasteiger partial charge in [0.25, 0.3) is 0 Å². The van der Waals surface area contributed by atoms with Crippen LogP contribution in [0, 0.1) is 5.41 Å². The summed E-state index contributed by atoms with van der Waals surface area (Å²) in [6, 6.07) is 0. The Hall–Kier alpha value is -0.810. The Kier molecular flexibility index (Phi) is 3.82. The zero-order chi connectivity index (χ0) is 13.2. The second-order valence-corrected chi connectivity index (χ2v) is 6.04.